The maximum Gasteiger partial charge on any atom is 0.0922 e. The number of thiophene rings is 1. The summed E-state index contributed by atoms with van der Waals surface area (Å²) < 4.78 is 1.13. The number of aliphatic hydroxyl groups excluding tert-OH is 1. The minimum Gasteiger partial charge on any atom is -0.387 e. The van der Waals surface area contributed by atoms with E-state index in [1.807, 2.05) is 16.8 Å². The summed E-state index contributed by atoms with van der Waals surface area (Å²) in [6, 6.07) is 11.1. The van der Waals surface area contributed by atoms with Crippen LogP contribution in [-0.2, 0) is 0 Å². The van der Waals surface area contributed by atoms with Gasteiger partial charge in [-0.3, -0.25) is 0 Å². The van der Waals surface area contributed by atoms with Crippen LogP contribution in [0.4, 0.5) is 0 Å². The Labute approximate surface area is 132 Å². The van der Waals surface area contributed by atoms with Crippen LogP contribution in [0.1, 0.15) is 36.0 Å². The summed E-state index contributed by atoms with van der Waals surface area (Å²) in [6.07, 6.45) is 1.95. The fourth-order valence-electron chi connectivity index (χ4n) is 2.65. The van der Waals surface area contributed by atoms with Crippen molar-refractivity contribution < 1.29 is 5.11 Å². The zero-order chi connectivity index (χ0) is 13.9. The van der Waals surface area contributed by atoms with Crippen molar-refractivity contribution in [3.8, 4) is 0 Å². The van der Waals surface area contributed by atoms with Crippen molar-refractivity contribution in [3.63, 3.8) is 0 Å². The van der Waals surface area contributed by atoms with E-state index < -0.39 is 0 Å². The smallest absolute Gasteiger partial charge is 0.0922 e. The highest BCUT2D eigenvalue weighted by atomic mass is 79.9. The first-order valence-corrected chi connectivity index (χ1v) is 8.65. The standard InChI is InChI=1S/C16H18BrNOS/c17-14-3-1-11(2-4-14)13-7-15(8-13)18-9-16(19)12-5-6-20-10-12/h1-6,10,13,15-16,18-19H,7-9H2. The molecule has 1 aromatic carbocycles. The lowest BCUT2D eigenvalue weighted by Gasteiger charge is -2.37. The summed E-state index contributed by atoms with van der Waals surface area (Å²) in [5.74, 6) is 0.666. The van der Waals surface area contributed by atoms with Gasteiger partial charge in [0.05, 0.1) is 6.10 Å². The van der Waals surface area contributed by atoms with E-state index in [0.717, 1.165) is 22.9 Å². The number of aliphatic hydroxyl groups is 1. The third-order valence-electron chi connectivity index (χ3n) is 4.01. The first-order chi connectivity index (χ1) is 9.72. The first-order valence-electron chi connectivity index (χ1n) is 6.91. The molecule has 1 fully saturated rings. The van der Waals surface area contributed by atoms with Crippen LogP contribution in [0.3, 0.4) is 0 Å². The van der Waals surface area contributed by atoms with E-state index in [1.54, 1.807) is 11.3 Å². The molecule has 1 atom stereocenters. The summed E-state index contributed by atoms with van der Waals surface area (Å²) in [4.78, 5) is 0. The summed E-state index contributed by atoms with van der Waals surface area (Å²) >= 11 is 5.10. The molecule has 1 aliphatic rings. The van der Waals surface area contributed by atoms with Crippen molar-refractivity contribution in [3.05, 3.63) is 56.7 Å². The Morgan fingerprint density at radius 2 is 2.00 bits per heavy atom. The van der Waals surface area contributed by atoms with Gasteiger partial charge in [0.2, 0.25) is 0 Å². The molecule has 2 nitrogen and oxygen atoms in total. The topological polar surface area (TPSA) is 32.3 Å². The van der Waals surface area contributed by atoms with Gasteiger partial charge in [0.25, 0.3) is 0 Å². The molecule has 0 saturated heterocycles. The van der Waals surface area contributed by atoms with E-state index in [2.05, 4.69) is 45.5 Å². The number of nitrogens with one attached hydrogen (secondary N) is 1. The molecular formula is C16H18BrNOS. The Morgan fingerprint density at radius 1 is 1.25 bits per heavy atom. The lowest BCUT2D eigenvalue weighted by molar-refractivity contribution is 0.157. The Kier molecular flexibility index (Phi) is 4.56. The molecule has 0 aliphatic heterocycles. The Morgan fingerprint density at radius 3 is 2.65 bits per heavy atom. The molecule has 1 aromatic heterocycles. The van der Waals surface area contributed by atoms with Crippen LogP contribution < -0.4 is 5.32 Å². The third kappa shape index (κ3) is 3.31. The van der Waals surface area contributed by atoms with Crippen molar-refractivity contribution in [2.75, 3.05) is 6.54 Å². The van der Waals surface area contributed by atoms with Gasteiger partial charge in [0, 0.05) is 17.1 Å². The summed E-state index contributed by atoms with van der Waals surface area (Å²) in [5.41, 5.74) is 2.44. The van der Waals surface area contributed by atoms with Crippen LogP contribution in [0.2, 0.25) is 0 Å². The molecule has 1 aliphatic carbocycles. The van der Waals surface area contributed by atoms with Crippen LogP contribution in [0.15, 0.2) is 45.6 Å². The maximum atomic E-state index is 10.0. The molecule has 20 heavy (non-hydrogen) atoms. The van der Waals surface area contributed by atoms with Crippen LogP contribution in [0.5, 0.6) is 0 Å². The van der Waals surface area contributed by atoms with Crippen molar-refractivity contribution in [1.29, 1.82) is 0 Å². The second kappa shape index (κ2) is 6.39. The molecule has 2 aromatic rings. The number of hydrogen-bond donors (Lipinski definition) is 2. The molecule has 3 rings (SSSR count). The number of rotatable bonds is 5. The van der Waals surface area contributed by atoms with E-state index in [1.165, 1.54) is 5.56 Å². The van der Waals surface area contributed by atoms with Crippen LogP contribution >= 0.6 is 27.3 Å². The predicted octanol–water partition coefficient (Wildman–Crippen LogP) is 4.08. The van der Waals surface area contributed by atoms with Gasteiger partial charge >= 0.3 is 0 Å². The molecule has 0 radical (unpaired) electrons. The van der Waals surface area contributed by atoms with Crippen LogP contribution in [-0.4, -0.2) is 17.7 Å². The van der Waals surface area contributed by atoms with Gasteiger partial charge < -0.3 is 10.4 Å². The highest BCUT2D eigenvalue weighted by Crippen LogP contribution is 2.37. The average Bonchev–Trinajstić information content (AvgIpc) is 2.92. The van der Waals surface area contributed by atoms with Crippen molar-refractivity contribution >= 4 is 27.3 Å². The van der Waals surface area contributed by atoms with Gasteiger partial charge in [-0.2, -0.15) is 11.3 Å². The van der Waals surface area contributed by atoms with Gasteiger partial charge in [0.15, 0.2) is 0 Å². The van der Waals surface area contributed by atoms with Crippen LogP contribution in [0, 0.1) is 0 Å². The molecule has 0 spiro atoms. The number of benzene rings is 1. The SMILES string of the molecule is OC(CNC1CC(c2ccc(Br)cc2)C1)c1ccsc1. The highest BCUT2D eigenvalue weighted by molar-refractivity contribution is 9.10. The van der Waals surface area contributed by atoms with Gasteiger partial charge in [-0.1, -0.05) is 28.1 Å². The van der Waals surface area contributed by atoms with E-state index in [9.17, 15) is 5.11 Å². The molecule has 1 unspecified atom stereocenters. The average molecular weight is 352 g/mol. The predicted molar refractivity (Wildman–Crippen MR) is 87.2 cm³/mol. The Balaban J connectivity index is 1.43. The molecule has 2 N–H and O–H groups in total. The molecule has 0 bridgehead atoms. The molecule has 0 amide bonds. The molecule has 106 valence electrons. The fourth-order valence-corrected chi connectivity index (χ4v) is 3.62. The second-order valence-electron chi connectivity index (χ2n) is 5.40. The van der Waals surface area contributed by atoms with Crippen molar-refractivity contribution in [1.82, 2.24) is 5.32 Å². The monoisotopic (exact) mass is 351 g/mol. The van der Waals surface area contributed by atoms with E-state index >= 15 is 0 Å². The Hall–Kier alpha value is -0.680. The largest absolute Gasteiger partial charge is 0.387 e. The summed E-state index contributed by atoms with van der Waals surface area (Å²) in [6.45, 7) is 0.647. The normalized spacial score (nSPS) is 23.3. The van der Waals surface area contributed by atoms with Crippen LogP contribution in [0.25, 0.3) is 0 Å². The minimum absolute atomic E-state index is 0.381. The lowest BCUT2D eigenvalue weighted by Crippen LogP contribution is -2.41. The van der Waals surface area contributed by atoms with Gasteiger partial charge in [-0.05, 0) is 58.8 Å². The summed E-state index contributed by atoms with van der Waals surface area (Å²) in [5, 5.41) is 17.5. The number of hydrogen-bond acceptors (Lipinski definition) is 3. The van der Waals surface area contributed by atoms with E-state index in [4.69, 9.17) is 0 Å². The Bertz CT molecular complexity index is 534. The van der Waals surface area contributed by atoms with Crippen molar-refractivity contribution in [2.24, 2.45) is 0 Å². The van der Waals surface area contributed by atoms with Gasteiger partial charge in [0.1, 0.15) is 0 Å². The molecule has 4 heteroatoms. The fraction of sp³-hybridized carbons (Fsp3) is 0.375. The lowest BCUT2D eigenvalue weighted by atomic mass is 9.76. The zero-order valence-corrected chi connectivity index (χ0v) is 13.5. The third-order valence-corrected chi connectivity index (χ3v) is 5.24. The van der Waals surface area contributed by atoms with E-state index in [0.29, 0.717) is 18.5 Å². The molecule has 1 saturated carbocycles. The van der Waals surface area contributed by atoms with E-state index in [-0.39, 0.29) is 6.10 Å². The summed E-state index contributed by atoms with van der Waals surface area (Å²) in [7, 11) is 0. The number of halogens is 1. The van der Waals surface area contributed by atoms with Gasteiger partial charge in [-0.25, -0.2) is 0 Å². The second-order valence-corrected chi connectivity index (χ2v) is 7.09. The molecule has 1 heterocycles. The maximum absolute atomic E-state index is 10.0. The quantitative estimate of drug-likeness (QED) is 0.850. The molecular weight excluding hydrogens is 334 g/mol. The highest BCUT2D eigenvalue weighted by Gasteiger charge is 2.30. The minimum atomic E-state index is -0.381. The zero-order valence-electron chi connectivity index (χ0n) is 11.1. The van der Waals surface area contributed by atoms with Crippen molar-refractivity contribution in [2.45, 2.75) is 30.9 Å². The van der Waals surface area contributed by atoms with Gasteiger partial charge in [-0.15, -0.1) is 0 Å². The first kappa shape index (κ1) is 14.3.